The SMILES string of the molecule is N#CC(N)CCOc1c(F)c(F)c(F)c(F)c1F. The van der Waals surface area contributed by atoms with Crippen LogP contribution in [0.15, 0.2) is 0 Å². The first-order valence-corrected chi connectivity index (χ1v) is 4.69. The average Bonchev–Trinajstić information content (AvgIpc) is 2.37. The van der Waals surface area contributed by atoms with Gasteiger partial charge in [0.15, 0.2) is 5.75 Å². The van der Waals surface area contributed by atoms with Gasteiger partial charge in [0.05, 0.1) is 18.7 Å². The van der Waals surface area contributed by atoms with Crippen LogP contribution in [0.2, 0.25) is 0 Å². The lowest BCUT2D eigenvalue weighted by Crippen LogP contribution is -2.21. The third-order valence-corrected chi connectivity index (χ3v) is 2.01. The molecule has 2 N–H and O–H groups in total. The van der Waals surface area contributed by atoms with Crippen LogP contribution >= 0.6 is 0 Å². The number of rotatable bonds is 4. The molecule has 0 aliphatic rings. The second-order valence-electron chi connectivity index (χ2n) is 3.27. The molecule has 0 heterocycles. The number of hydrogen-bond donors (Lipinski definition) is 1. The third kappa shape index (κ3) is 2.68. The van der Waals surface area contributed by atoms with Gasteiger partial charge in [-0.2, -0.15) is 14.0 Å². The molecule has 0 spiro atoms. The first kappa shape index (κ1) is 14.2. The van der Waals surface area contributed by atoms with Crippen molar-refractivity contribution < 1.29 is 26.7 Å². The highest BCUT2D eigenvalue weighted by Gasteiger charge is 2.26. The highest BCUT2D eigenvalue weighted by atomic mass is 19.2. The predicted molar refractivity (Wildman–Crippen MR) is 49.9 cm³/mol. The largest absolute Gasteiger partial charge is 0.487 e. The first-order chi connectivity index (χ1) is 8.40. The average molecular weight is 266 g/mol. The van der Waals surface area contributed by atoms with Gasteiger partial charge in [0.2, 0.25) is 29.1 Å². The summed E-state index contributed by atoms with van der Waals surface area (Å²) in [6, 6.07) is 0.662. The summed E-state index contributed by atoms with van der Waals surface area (Å²) in [5.74, 6) is -11.9. The van der Waals surface area contributed by atoms with Gasteiger partial charge in [-0.15, -0.1) is 0 Å². The molecule has 8 heteroatoms. The van der Waals surface area contributed by atoms with Crippen LogP contribution in [0.25, 0.3) is 0 Å². The molecular formula is C10H7F5N2O. The summed E-state index contributed by atoms with van der Waals surface area (Å²) in [6.07, 6.45) is -0.115. The monoisotopic (exact) mass is 266 g/mol. The highest BCUT2D eigenvalue weighted by Crippen LogP contribution is 2.29. The zero-order valence-electron chi connectivity index (χ0n) is 8.81. The Bertz CT molecular complexity index is 471. The molecule has 0 aliphatic carbocycles. The van der Waals surface area contributed by atoms with E-state index < -0.39 is 47.5 Å². The molecule has 0 aliphatic heterocycles. The zero-order chi connectivity index (χ0) is 13.9. The van der Waals surface area contributed by atoms with Crippen molar-refractivity contribution in [3.05, 3.63) is 29.1 Å². The van der Waals surface area contributed by atoms with Crippen LogP contribution in [0, 0.1) is 40.4 Å². The number of ether oxygens (including phenoxy) is 1. The summed E-state index contributed by atoms with van der Waals surface area (Å²) in [5, 5.41) is 8.32. The van der Waals surface area contributed by atoms with E-state index in [1.165, 1.54) is 0 Å². The molecule has 1 atom stereocenters. The molecule has 1 rings (SSSR count). The number of nitriles is 1. The minimum atomic E-state index is -2.26. The number of nitrogens with zero attached hydrogens (tertiary/aromatic N) is 1. The van der Waals surface area contributed by atoms with Crippen molar-refractivity contribution in [2.45, 2.75) is 12.5 Å². The van der Waals surface area contributed by atoms with E-state index >= 15 is 0 Å². The van der Waals surface area contributed by atoms with Gasteiger partial charge >= 0.3 is 0 Å². The van der Waals surface area contributed by atoms with Gasteiger partial charge in [-0.25, -0.2) is 13.2 Å². The second kappa shape index (κ2) is 5.64. The minimum Gasteiger partial charge on any atom is -0.487 e. The summed E-state index contributed by atoms with van der Waals surface area (Å²) < 4.78 is 68.7. The van der Waals surface area contributed by atoms with Gasteiger partial charge in [0.1, 0.15) is 0 Å². The fourth-order valence-electron chi connectivity index (χ4n) is 1.06. The topological polar surface area (TPSA) is 59.0 Å². The number of nitrogens with two attached hydrogens (primary N) is 1. The van der Waals surface area contributed by atoms with Crippen LogP contribution in [-0.4, -0.2) is 12.6 Å². The van der Waals surface area contributed by atoms with Crippen LogP contribution in [0.3, 0.4) is 0 Å². The van der Waals surface area contributed by atoms with Gasteiger partial charge in [-0.1, -0.05) is 0 Å². The van der Waals surface area contributed by atoms with Crippen LogP contribution in [0.1, 0.15) is 6.42 Å². The normalized spacial score (nSPS) is 12.1. The van der Waals surface area contributed by atoms with Crippen molar-refractivity contribution in [1.82, 2.24) is 0 Å². The molecule has 0 bridgehead atoms. The van der Waals surface area contributed by atoms with Gasteiger partial charge < -0.3 is 10.5 Å². The van der Waals surface area contributed by atoms with E-state index in [9.17, 15) is 22.0 Å². The first-order valence-electron chi connectivity index (χ1n) is 4.69. The Hall–Kier alpha value is -1.88. The second-order valence-corrected chi connectivity index (χ2v) is 3.27. The summed E-state index contributed by atoms with van der Waals surface area (Å²) in [5.41, 5.74) is 5.16. The maximum absolute atomic E-state index is 13.1. The van der Waals surface area contributed by atoms with E-state index in [0.717, 1.165) is 0 Å². The smallest absolute Gasteiger partial charge is 0.206 e. The van der Waals surface area contributed by atoms with Crippen molar-refractivity contribution in [3.63, 3.8) is 0 Å². The molecule has 18 heavy (non-hydrogen) atoms. The molecule has 1 unspecified atom stereocenters. The molecule has 0 fully saturated rings. The lowest BCUT2D eigenvalue weighted by Gasteiger charge is -2.10. The summed E-state index contributed by atoms with van der Waals surface area (Å²) >= 11 is 0. The van der Waals surface area contributed by atoms with Crippen LogP contribution in [-0.2, 0) is 0 Å². The zero-order valence-corrected chi connectivity index (χ0v) is 8.81. The summed E-state index contributed by atoms with van der Waals surface area (Å²) in [4.78, 5) is 0. The molecule has 1 aromatic rings. The Morgan fingerprint density at radius 3 is 1.89 bits per heavy atom. The van der Waals surface area contributed by atoms with Gasteiger partial charge in [-0.05, 0) is 0 Å². The Balaban J connectivity index is 2.94. The maximum atomic E-state index is 13.1. The van der Waals surface area contributed by atoms with E-state index in [-0.39, 0.29) is 6.42 Å². The van der Waals surface area contributed by atoms with Crippen molar-refractivity contribution >= 4 is 0 Å². The Kier molecular flexibility index (Phi) is 4.44. The van der Waals surface area contributed by atoms with E-state index in [0.29, 0.717) is 0 Å². The van der Waals surface area contributed by atoms with Gasteiger partial charge in [0.25, 0.3) is 0 Å². The lowest BCUT2D eigenvalue weighted by atomic mass is 10.2. The molecule has 0 saturated carbocycles. The van der Waals surface area contributed by atoms with Gasteiger partial charge in [0, 0.05) is 6.42 Å². The molecule has 98 valence electrons. The molecular weight excluding hydrogens is 259 g/mol. The Labute approximate surface area is 98.6 Å². The Morgan fingerprint density at radius 1 is 1.00 bits per heavy atom. The van der Waals surface area contributed by atoms with E-state index in [1.807, 2.05) is 0 Å². The minimum absolute atomic E-state index is 0.115. The highest BCUT2D eigenvalue weighted by molar-refractivity contribution is 5.29. The molecule has 0 saturated heterocycles. The Morgan fingerprint density at radius 2 is 1.44 bits per heavy atom. The van der Waals surface area contributed by atoms with Crippen molar-refractivity contribution in [2.75, 3.05) is 6.61 Å². The number of benzene rings is 1. The van der Waals surface area contributed by atoms with Gasteiger partial charge in [-0.3, -0.25) is 0 Å². The molecule has 3 nitrogen and oxygen atoms in total. The van der Waals surface area contributed by atoms with Crippen LogP contribution < -0.4 is 10.5 Å². The van der Waals surface area contributed by atoms with E-state index in [4.69, 9.17) is 11.0 Å². The predicted octanol–water partition coefficient (Wildman–Crippen LogP) is 2.00. The van der Waals surface area contributed by atoms with Crippen molar-refractivity contribution in [2.24, 2.45) is 5.73 Å². The quantitative estimate of drug-likeness (QED) is 0.515. The molecule has 0 aromatic heterocycles. The fraction of sp³-hybridized carbons (Fsp3) is 0.300. The van der Waals surface area contributed by atoms with E-state index in [1.54, 1.807) is 6.07 Å². The third-order valence-electron chi connectivity index (χ3n) is 2.01. The summed E-state index contributed by atoms with van der Waals surface area (Å²) in [6.45, 7) is -0.451. The van der Waals surface area contributed by atoms with E-state index in [2.05, 4.69) is 4.74 Å². The number of halogens is 5. The van der Waals surface area contributed by atoms with Crippen molar-refractivity contribution in [1.29, 1.82) is 5.26 Å². The molecule has 1 aromatic carbocycles. The standard InChI is InChI=1S/C10H7F5N2O/c11-5-6(12)8(14)10(9(15)7(5)13)18-2-1-4(17)3-16/h4H,1-2,17H2. The number of hydrogen-bond acceptors (Lipinski definition) is 3. The van der Waals surface area contributed by atoms with Crippen molar-refractivity contribution in [3.8, 4) is 11.8 Å². The lowest BCUT2D eigenvalue weighted by molar-refractivity contribution is 0.256. The molecule has 0 radical (unpaired) electrons. The fourth-order valence-corrected chi connectivity index (χ4v) is 1.06. The van der Waals surface area contributed by atoms with Crippen LogP contribution in [0.5, 0.6) is 5.75 Å². The summed E-state index contributed by atoms with van der Waals surface area (Å²) in [7, 11) is 0. The molecule has 0 amide bonds. The maximum Gasteiger partial charge on any atom is 0.206 e. The van der Waals surface area contributed by atoms with Crippen LogP contribution in [0.4, 0.5) is 22.0 Å².